The number of anilines is 2. The fraction of sp³-hybridized carbons (Fsp3) is 0.350. The summed E-state index contributed by atoms with van der Waals surface area (Å²) >= 11 is 0. The maximum atomic E-state index is 6.16. The van der Waals surface area contributed by atoms with Crippen molar-refractivity contribution in [3.05, 3.63) is 42.0 Å². The van der Waals surface area contributed by atoms with E-state index in [9.17, 15) is 0 Å². The molecule has 0 bridgehead atoms. The number of aromatic nitrogens is 3. The van der Waals surface area contributed by atoms with Crippen molar-refractivity contribution in [1.29, 1.82) is 0 Å². The van der Waals surface area contributed by atoms with Gasteiger partial charge in [0.05, 0.1) is 11.1 Å². The molecule has 140 valence electrons. The normalized spacial score (nSPS) is 15.9. The van der Waals surface area contributed by atoms with Crippen LogP contribution < -0.4 is 16.8 Å². The zero-order chi connectivity index (χ0) is 18.8. The van der Waals surface area contributed by atoms with Crippen LogP contribution in [-0.2, 0) is 6.54 Å². The average molecular weight is 363 g/mol. The van der Waals surface area contributed by atoms with Crippen LogP contribution in [0.4, 0.5) is 11.8 Å². The first-order valence-electron chi connectivity index (χ1n) is 9.31. The molecule has 7 heteroatoms. The van der Waals surface area contributed by atoms with Gasteiger partial charge in [0.25, 0.3) is 0 Å². The van der Waals surface area contributed by atoms with Crippen molar-refractivity contribution in [2.24, 2.45) is 5.73 Å². The minimum Gasteiger partial charge on any atom is -0.383 e. The second kappa shape index (κ2) is 7.46. The molecule has 0 radical (unpaired) electrons. The molecular weight excluding hydrogens is 338 g/mol. The number of benzene rings is 1. The van der Waals surface area contributed by atoms with Gasteiger partial charge in [-0.05, 0) is 56.7 Å². The van der Waals surface area contributed by atoms with E-state index in [0.717, 1.165) is 48.1 Å². The Bertz CT molecular complexity index is 948. The molecule has 0 spiro atoms. The summed E-state index contributed by atoms with van der Waals surface area (Å²) in [4.78, 5) is 16.1. The van der Waals surface area contributed by atoms with Crippen LogP contribution in [0.1, 0.15) is 18.4 Å². The highest BCUT2D eigenvalue weighted by molar-refractivity contribution is 5.88. The first kappa shape index (κ1) is 17.6. The molecule has 2 aromatic heterocycles. The Hall–Kier alpha value is -2.77. The largest absolute Gasteiger partial charge is 0.383 e. The summed E-state index contributed by atoms with van der Waals surface area (Å²) < 4.78 is 0. The quantitative estimate of drug-likeness (QED) is 0.653. The molecule has 0 aliphatic carbocycles. The van der Waals surface area contributed by atoms with Crippen LogP contribution in [0.25, 0.3) is 22.3 Å². The second-order valence-electron chi connectivity index (χ2n) is 7.13. The average Bonchev–Trinajstić information content (AvgIpc) is 2.69. The van der Waals surface area contributed by atoms with Crippen LogP contribution in [0.2, 0.25) is 0 Å². The minimum absolute atomic E-state index is 0.363. The van der Waals surface area contributed by atoms with Crippen molar-refractivity contribution in [1.82, 2.24) is 19.9 Å². The zero-order valence-electron chi connectivity index (χ0n) is 15.5. The minimum atomic E-state index is 0.363. The highest BCUT2D eigenvalue weighted by atomic mass is 15.2. The molecule has 1 aliphatic rings. The molecule has 0 amide bonds. The molecule has 5 N–H and O–H groups in total. The third kappa shape index (κ3) is 3.84. The zero-order valence-corrected chi connectivity index (χ0v) is 15.5. The molecule has 0 atom stereocenters. The van der Waals surface area contributed by atoms with E-state index in [2.05, 4.69) is 33.3 Å². The molecule has 1 aliphatic heterocycles. The van der Waals surface area contributed by atoms with E-state index in [-0.39, 0.29) is 0 Å². The number of pyridine rings is 1. The third-order valence-electron chi connectivity index (χ3n) is 5.10. The van der Waals surface area contributed by atoms with Crippen molar-refractivity contribution in [2.45, 2.75) is 25.4 Å². The van der Waals surface area contributed by atoms with E-state index in [1.165, 1.54) is 0 Å². The fourth-order valence-corrected chi connectivity index (χ4v) is 3.45. The summed E-state index contributed by atoms with van der Waals surface area (Å²) in [6.45, 7) is 2.64. The molecule has 1 aromatic carbocycles. The number of nitrogens with one attached hydrogen (secondary N) is 1. The summed E-state index contributed by atoms with van der Waals surface area (Å²) in [6, 6.07) is 12.3. The molecule has 7 nitrogen and oxygen atoms in total. The molecule has 3 aromatic rings. The van der Waals surface area contributed by atoms with Crippen molar-refractivity contribution >= 4 is 22.8 Å². The fourth-order valence-electron chi connectivity index (χ4n) is 3.45. The number of nitrogen functional groups attached to an aromatic ring is 1. The topological polar surface area (TPSA) is 106 Å². The predicted molar refractivity (Wildman–Crippen MR) is 109 cm³/mol. The molecule has 1 saturated heterocycles. The van der Waals surface area contributed by atoms with E-state index in [0.29, 0.717) is 30.0 Å². The molecular formula is C20H25N7. The van der Waals surface area contributed by atoms with E-state index in [4.69, 9.17) is 16.5 Å². The van der Waals surface area contributed by atoms with E-state index >= 15 is 0 Å². The molecule has 4 rings (SSSR count). The lowest BCUT2D eigenvalue weighted by atomic mass is 10.1. The van der Waals surface area contributed by atoms with Gasteiger partial charge in [-0.1, -0.05) is 18.2 Å². The number of hydrogen-bond donors (Lipinski definition) is 3. The molecule has 27 heavy (non-hydrogen) atoms. The number of nitrogens with zero attached hydrogens (tertiary/aromatic N) is 4. The van der Waals surface area contributed by atoms with Crippen LogP contribution in [0.15, 0.2) is 36.4 Å². The van der Waals surface area contributed by atoms with Crippen molar-refractivity contribution in [3.63, 3.8) is 0 Å². The molecule has 0 unspecified atom stereocenters. The first-order chi connectivity index (χ1) is 13.1. The maximum Gasteiger partial charge on any atom is 0.226 e. The maximum absolute atomic E-state index is 6.16. The number of rotatable bonds is 4. The Morgan fingerprint density at radius 3 is 2.70 bits per heavy atom. The summed E-state index contributed by atoms with van der Waals surface area (Å²) in [7, 11) is 2.14. The second-order valence-corrected chi connectivity index (χ2v) is 7.13. The SMILES string of the molecule is CN1CCC(Nc2nc(N)c3ccc(-c4cccc(CN)c4)nc3n2)CC1. The van der Waals surface area contributed by atoms with Gasteiger partial charge in [0, 0.05) is 18.2 Å². The highest BCUT2D eigenvalue weighted by Gasteiger charge is 2.18. The third-order valence-corrected chi connectivity index (χ3v) is 5.10. The van der Waals surface area contributed by atoms with Gasteiger partial charge in [-0.15, -0.1) is 0 Å². The molecule has 1 fully saturated rings. The summed E-state index contributed by atoms with van der Waals surface area (Å²) in [5.74, 6) is 1.00. The van der Waals surface area contributed by atoms with Crippen LogP contribution in [-0.4, -0.2) is 46.0 Å². The van der Waals surface area contributed by atoms with Gasteiger partial charge in [0.2, 0.25) is 5.95 Å². The number of nitrogens with two attached hydrogens (primary N) is 2. The smallest absolute Gasteiger partial charge is 0.226 e. The van der Waals surface area contributed by atoms with Gasteiger partial charge >= 0.3 is 0 Å². The van der Waals surface area contributed by atoms with E-state index < -0.39 is 0 Å². The van der Waals surface area contributed by atoms with Crippen molar-refractivity contribution < 1.29 is 0 Å². The summed E-state index contributed by atoms with van der Waals surface area (Å²) in [5.41, 5.74) is 15.5. The number of likely N-dealkylation sites (tertiary alicyclic amines) is 1. The number of fused-ring (bicyclic) bond motifs is 1. The Labute approximate surface area is 158 Å². The Morgan fingerprint density at radius 2 is 1.93 bits per heavy atom. The van der Waals surface area contributed by atoms with Crippen molar-refractivity contribution in [2.75, 3.05) is 31.2 Å². The van der Waals surface area contributed by atoms with Gasteiger partial charge in [0.15, 0.2) is 5.65 Å². The highest BCUT2D eigenvalue weighted by Crippen LogP contribution is 2.25. The van der Waals surface area contributed by atoms with E-state index in [1.54, 1.807) is 0 Å². The van der Waals surface area contributed by atoms with Gasteiger partial charge in [0.1, 0.15) is 5.82 Å². The van der Waals surface area contributed by atoms with E-state index in [1.807, 2.05) is 30.3 Å². The summed E-state index contributed by atoms with van der Waals surface area (Å²) in [5, 5.41) is 4.19. The van der Waals surface area contributed by atoms with Gasteiger partial charge < -0.3 is 21.7 Å². The Balaban J connectivity index is 1.65. The first-order valence-corrected chi connectivity index (χ1v) is 9.31. The number of piperidine rings is 1. The predicted octanol–water partition coefficient (Wildman–Crippen LogP) is 2.24. The van der Waals surface area contributed by atoms with Crippen LogP contribution >= 0.6 is 0 Å². The Morgan fingerprint density at radius 1 is 1.11 bits per heavy atom. The van der Waals surface area contributed by atoms with Crippen molar-refractivity contribution in [3.8, 4) is 11.3 Å². The van der Waals surface area contributed by atoms with Gasteiger partial charge in [-0.25, -0.2) is 4.98 Å². The lowest BCUT2D eigenvalue weighted by molar-refractivity contribution is 0.263. The van der Waals surface area contributed by atoms with Crippen LogP contribution in [0, 0.1) is 0 Å². The van der Waals surface area contributed by atoms with Gasteiger partial charge in [-0.2, -0.15) is 9.97 Å². The summed E-state index contributed by atoms with van der Waals surface area (Å²) in [6.07, 6.45) is 2.13. The lowest BCUT2D eigenvalue weighted by Crippen LogP contribution is -2.37. The lowest BCUT2D eigenvalue weighted by Gasteiger charge is -2.29. The molecule has 3 heterocycles. The number of hydrogen-bond acceptors (Lipinski definition) is 7. The van der Waals surface area contributed by atoms with Gasteiger partial charge in [-0.3, -0.25) is 0 Å². The Kier molecular flexibility index (Phi) is 4.87. The standard InChI is InChI=1S/C20H25N7/c1-27-9-7-15(8-10-27)23-20-25-18(22)16-5-6-17(24-19(16)26-20)14-4-2-3-13(11-14)12-21/h2-6,11,15H,7-10,12,21H2,1H3,(H3,22,23,24,25,26). The van der Waals surface area contributed by atoms with Crippen LogP contribution in [0.5, 0.6) is 0 Å². The monoisotopic (exact) mass is 363 g/mol. The molecule has 0 saturated carbocycles. The van der Waals surface area contributed by atoms with Crippen LogP contribution in [0.3, 0.4) is 0 Å².